The van der Waals surface area contributed by atoms with E-state index in [0.29, 0.717) is 4.99 Å². The molecule has 0 aromatic heterocycles. The second-order valence-electron chi connectivity index (χ2n) is 5.15. The van der Waals surface area contributed by atoms with Crippen LogP contribution in [0.4, 0.5) is 5.69 Å². The minimum Gasteiger partial charge on any atom is -0.389 e. The van der Waals surface area contributed by atoms with Gasteiger partial charge in [0, 0.05) is 24.3 Å². The predicted molar refractivity (Wildman–Crippen MR) is 77.5 cm³/mol. The SMILES string of the molecule is CC(C)C1CCN(c2ccc(C(N)=S)cc2)C1. The summed E-state index contributed by atoms with van der Waals surface area (Å²) in [6.45, 7) is 6.95. The standard InChI is InChI=1S/C14H20N2S/c1-10(2)12-7-8-16(9-12)13-5-3-11(4-6-13)14(15)17/h3-6,10,12H,7-9H2,1-2H3,(H2,15,17). The Morgan fingerprint density at radius 2 is 2.00 bits per heavy atom. The Morgan fingerprint density at radius 3 is 2.47 bits per heavy atom. The van der Waals surface area contributed by atoms with Gasteiger partial charge in [-0.1, -0.05) is 26.1 Å². The van der Waals surface area contributed by atoms with Gasteiger partial charge in [0.25, 0.3) is 0 Å². The zero-order valence-corrected chi connectivity index (χ0v) is 11.3. The summed E-state index contributed by atoms with van der Waals surface area (Å²) in [6.07, 6.45) is 1.30. The highest BCUT2D eigenvalue weighted by molar-refractivity contribution is 7.80. The molecule has 92 valence electrons. The summed E-state index contributed by atoms with van der Waals surface area (Å²) in [6, 6.07) is 8.27. The molecule has 0 amide bonds. The molecule has 2 nitrogen and oxygen atoms in total. The van der Waals surface area contributed by atoms with Gasteiger partial charge in [-0.05, 0) is 42.5 Å². The Balaban J connectivity index is 2.06. The maximum Gasteiger partial charge on any atom is 0.103 e. The summed E-state index contributed by atoms with van der Waals surface area (Å²) in [4.78, 5) is 2.92. The van der Waals surface area contributed by atoms with Crippen molar-refractivity contribution in [3.05, 3.63) is 29.8 Å². The van der Waals surface area contributed by atoms with Gasteiger partial charge in [0.2, 0.25) is 0 Å². The predicted octanol–water partition coefficient (Wildman–Crippen LogP) is 2.80. The van der Waals surface area contributed by atoms with Gasteiger partial charge < -0.3 is 10.6 Å². The lowest BCUT2D eigenvalue weighted by Gasteiger charge is -2.20. The number of hydrogen-bond acceptors (Lipinski definition) is 2. The van der Waals surface area contributed by atoms with Crippen LogP contribution in [0.1, 0.15) is 25.8 Å². The van der Waals surface area contributed by atoms with Crippen molar-refractivity contribution in [2.24, 2.45) is 17.6 Å². The Kier molecular flexibility index (Phi) is 3.67. The van der Waals surface area contributed by atoms with E-state index in [1.54, 1.807) is 0 Å². The van der Waals surface area contributed by atoms with Gasteiger partial charge in [-0.15, -0.1) is 0 Å². The molecule has 1 aliphatic rings. The van der Waals surface area contributed by atoms with Crippen LogP contribution in [0.2, 0.25) is 0 Å². The molecule has 17 heavy (non-hydrogen) atoms. The van der Waals surface area contributed by atoms with Gasteiger partial charge in [-0.25, -0.2) is 0 Å². The monoisotopic (exact) mass is 248 g/mol. The molecule has 1 saturated heterocycles. The van der Waals surface area contributed by atoms with Crippen LogP contribution >= 0.6 is 12.2 Å². The molecule has 1 unspecified atom stereocenters. The van der Waals surface area contributed by atoms with Gasteiger partial charge in [0.1, 0.15) is 4.99 Å². The lowest BCUT2D eigenvalue weighted by Crippen LogP contribution is -2.21. The Labute approximate surface area is 109 Å². The smallest absolute Gasteiger partial charge is 0.103 e. The van der Waals surface area contributed by atoms with Gasteiger partial charge in [0.05, 0.1) is 0 Å². The van der Waals surface area contributed by atoms with Crippen LogP contribution in [0.15, 0.2) is 24.3 Å². The maximum absolute atomic E-state index is 5.60. The van der Waals surface area contributed by atoms with Gasteiger partial charge in [0.15, 0.2) is 0 Å². The van der Waals surface area contributed by atoms with E-state index in [4.69, 9.17) is 18.0 Å². The van der Waals surface area contributed by atoms with Crippen molar-refractivity contribution in [1.82, 2.24) is 0 Å². The molecule has 1 aromatic rings. The zero-order chi connectivity index (χ0) is 12.4. The molecular weight excluding hydrogens is 228 g/mol. The first kappa shape index (κ1) is 12.4. The quantitative estimate of drug-likeness (QED) is 0.834. The van der Waals surface area contributed by atoms with Gasteiger partial charge in [-0.2, -0.15) is 0 Å². The van der Waals surface area contributed by atoms with E-state index in [9.17, 15) is 0 Å². The lowest BCUT2D eigenvalue weighted by molar-refractivity contribution is 0.423. The van der Waals surface area contributed by atoms with Crippen LogP contribution in [-0.4, -0.2) is 18.1 Å². The Morgan fingerprint density at radius 1 is 1.35 bits per heavy atom. The Hall–Kier alpha value is -1.09. The topological polar surface area (TPSA) is 29.3 Å². The molecule has 0 saturated carbocycles. The molecule has 0 aliphatic carbocycles. The molecule has 3 heteroatoms. The molecular formula is C14H20N2S. The summed E-state index contributed by atoms with van der Waals surface area (Å²) in [5, 5.41) is 0. The third-order valence-electron chi connectivity index (χ3n) is 3.68. The lowest BCUT2D eigenvalue weighted by atomic mass is 9.95. The van der Waals surface area contributed by atoms with Crippen molar-refractivity contribution in [2.45, 2.75) is 20.3 Å². The highest BCUT2D eigenvalue weighted by atomic mass is 32.1. The third-order valence-corrected chi connectivity index (χ3v) is 3.92. The molecule has 1 atom stereocenters. The van der Waals surface area contributed by atoms with Crippen LogP contribution in [0.3, 0.4) is 0 Å². The summed E-state index contributed by atoms with van der Waals surface area (Å²) < 4.78 is 0. The molecule has 1 fully saturated rings. The number of nitrogens with two attached hydrogens (primary N) is 1. The van der Waals surface area contributed by atoms with Crippen LogP contribution in [0.25, 0.3) is 0 Å². The zero-order valence-electron chi connectivity index (χ0n) is 10.5. The van der Waals surface area contributed by atoms with E-state index in [1.807, 2.05) is 12.1 Å². The van der Waals surface area contributed by atoms with E-state index < -0.39 is 0 Å². The molecule has 1 aliphatic heterocycles. The molecule has 1 heterocycles. The second-order valence-corrected chi connectivity index (χ2v) is 5.59. The molecule has 0 radical (unpaired) electrons. The number of rotatable bonds is 3. The number of thiocarbonyl (C=S) groups is 1. The van der Waals surface area contributed by atoms with Crippen molar-refractivity contribution < 1.29 is 0 Å². The number of benzene rings is 1. The van der Waals surface area contributed by atoms with Crippen molar-refractivity contribution in [3.63, 3.8) is 0 Å². The minimum atomic E-state index is 0.470. The normalized spacial score (nSPS) is 19.9. The number of anilines is 1. The fourth-order valence-electron chi connectivity index (χ4n) is 2.40. The summed E-state index contributed by atoms with van der Waals surface area (Å²) in [5.41, 5.74) is 7.83. The first-order valence-corrected chi connectivity index (χ1v) is 6.63. The molecule has 0 spiro atoms. The fraction of sp³-hybridized carbons (Fsp3) is 0.500. The van der Waals surface area contributed by atoms with Gasteiger partial charge >= 0.3 is 0 Å². The number of nitrogens with zero attached hydrogens (tertiary/aromatic N) is 1. The third kappa shape index (κ3) is 2.78. The van der Waals surface area contributed by atoms with Gasteiger partial charge in [-0.3, -0.25) is 0 Å². The van der Waals surface area contributed by atoms with Crippen LogP contribution < -0.4 is 10.6 Å². The van der Waals surface area contributed by atoms with Crippen LogP contribution in [-0.2, 0) is 0 Å². The highest BCUT2D eigenvalue weighted by Crippen LogP contribution is 2.28. The fourth-order valence-corrected chi connectivity index (χ4v) is 2.54. The summed E-state index contributed by atoms with van der Waals surface area (Å²) in [7, 11) is 0. The molecule has 2 rings (SSSR count). The minimum absolute atomic E-state index is 0.470. The first-order valence-electron chi connectivity index (χ1n) is 6.22. The van der Waals surface area contributed by atoms with Crippen LogP contribution in [0.5, 0.6) is 0 Å². The average Bonchev–Trinajstić information content (AvgIpc) is 2.78. The Bertz CT molecular complexity index is 397. The molecule has 0 bridgehead atoms. The van der Waals surface area contributed by atoms with Crippen molar-refractivity contribution in [2.75, 3.05) is 18.0 Å². The van der Waals surface area contributed by atoms with E-state index >= 15 is 0 Å². The maximum atomic E-state index is 5.60. The molecule has 2 N–H and O–H groups in total. The van der Waals surface area contributed by atoms with E-state index in [2.05, 4.69) is 30.9 Å². The van der Waals surface area contributed by atoms with Crippen molar-refractivity contribution in [1.29, 1.82) is 0 Å². The highest BCUT2D eigenvalue weighted by Gasteiger charge is 2.24. The number of hydrogen-bond donors (Lipinski definition) is 1. The van der Waals surface area contributed by atoms with E-state index in [-0.39, 0.29) is 0 Å². The van der Waals surface area contributed by atoms with Crippen molar-refractivity contribution >= 4 is 22.9 Å². The summed E-state index contributed by atoms with van der Waals surface area (Å²) >= 11 is 4.96. The molecule has 1 aromatic carbocycles. The van der Waals surface area contributed by atoms with Crippen LogP contribution in [0, 0.1) is 11.8 Å². The summed E-state index contributed by atoms with van der Waals surface area (Å²) in [5.74, 6) is 1.60. The van der Waals surface area contributed by atoms with Crippen molar-refractivity contribution in [3.8, 4) is 0 Å². The van der Waals surface area contributed by atoms with E-state index in [0.717, 1.165) is 23.9 Å². The van der Waals surface area contributed by atoms with E-state index in [1.165, 1.54) is 18.7 Å². The second kappa shape index (κ2) is 5.05. The largest absolute Gasteiger partial charge is 0.389 e. The average molecular weight is 248 g/mol. The first-order chi connectivity index (χ1) is 8.08.